The number of likely N-dealkylation sites (N-methyl/N-ethyl adjacent to an activating group) is 1. The van der Waals surface area contributed by atoms with E-state index in [0.29, 0.717) is 19.5 Å². The van der Waals surface area contributed by atoms with Crippen LogP contribution in [-0.4, -0.2) is 29.8 Å². The average Bonchev–Trinajstić information content (AvgIpc) is 3.07. The molecule has 1 aromatic heterocycles. The summed E-state index contributed by atoms with van der Waals surface area (Å²) in [6.45, 7) is 5.13. The molecule has 23 heavy (non-hydrogen) atoms. The van der Waals surface area contributed by atoms with Crippen molar-refractivity contribution in [3.63, 3.8) is 0 Å². The quantitative estimate of drug-likeness (QED) is 0.848. The molecule has 2 aromatic rings. The Balaban J connectivity index is 2.16. The zero-order valence-corrected chi connectivity index (χ0v) is 14.3. The topological polar surface area (TPSA) is 49.4 Å². The molecule has 0 aliphatic carbocycles. The van der Waals surface area contributed by atoms with E-state index in [1.807, 2.05) is 61.7 Å². The number of nitrogens with zero attached hydrogens (tertiary/aromatic N) is 1. The third-order valence-corrected chi connectivity index (χ3v) is 4.55. The molecule has 0 unspecified atom stereocenters. The lowest BCUT2D eigenvalue weighted by Crippen LogP contribution is -2.43. The van der Waals surface area contributed by atoms with Crippen molar-refractivity contribution in [2.45, 2.75) is 26.3 Å². The highest BCUT2D eigenvalue weighted by molar-refractivity contribution is 7.10. The number of benzene rings is 1. The van der Waals surface area contributed by atoms with E-state index >= 15 is 0 Å². The van der Waals surface area contributed by atoms with Crippen LogP contribution in [0.1, 0.15) is 30.3 Å². The first-order chi connectivity index (χ1) is 11.2. The van der Waals surface area contributed by atoms with Gasteiger partial charge in [0, 0.05) is 18.0 Å². The average molecular weight is 330 g/mol. The first-order valence-corrected chi connectivity index (χ1v) is 8.69. The Kier molecular flexibility index (Phi) is 6.35. The Labute approximate surface area is 141 Å². The summed E-state index contributed by atoms with van der Waals surface area (Å²) in [6.07, 6.45) is 0.298. The molecular weight excluding hydrogens is 308 g/mol. The van der Waals surface area contributed by atoms with Crippen molar-refractivity contribution in [3.8, 4) is 0 Å². The monoisotopic (exact) mass is 330 g/mol. The SMILES string of the molecule is CCN(CC)C(=O)[C@@H](NC(=O)Cc1cccs1)c1ccccc1. The Hall–Kier alpha value is -2.14. The minimum Gasteiger partial charge on any atom is -0.341 e. The maximum Gasteiger partial charge on any atom is 0.249 e. The number of rotatable bonds is 7. The summed E-state index contributed by atoms with van der Waals surface area (Å²) in [5.41, 5.74) is 0.809. The van der Waals surface area contributed by atoms with Crippen molar-refractivity contribution < 1.29 is 9.59 Å². The molecule has 0 spiro atoms. The van der Waals surface area contributed by atoms with Crippen molar-refractivity contribution in [2.75, 3.05) is 13.1 Å². The van der Waals surface area contributed by atoms with Gasteiger partial charge in [0.1, 0.15) is 6.04 Å². The molecule has 2 rings (SSSR count). The van der Waals surface area contributed by atoms with Crippen LogP contribution >= 0.6 is 11.3 Å². The van der Waals surface area contributed by atoms with Gasteiger partial charge in [0.25, 0.3) is 0 Å². The second-order valence-corrected chi connectivity index (χ2v) is 6.21. The van der Waals surface area contributed by atoms with Crippen LogP contribution in [0.5, 0.6) is 0 Å². The van der Waals surface area contributed by atoms with Gasteiger partial charge < -0.3 is 10.2 Å². The Morgan fingerprint density at radius 1 is 1.09 bits per heavy atom. The number of hydrogen-bond acceptors (Lipinski definition) is 3. The van der Waals surface area contributed by atoms with Crippen molar-refractivity contribution in [1.29, 1.82) is 0 Å². The van der Waals surface area contributed by atoms with Gasteiger partial charge in [-0.05, 0) is 30.9 Å². The maximum atomic E-state index is 12.8. The van der Waals surface area contributed by atoms with Gasteiger partial charge in [-0.1, -0.05) is 36.4 Å². The van der Waals surface area contributed by atoms with Crippen LogP contribution in [-0.2, 0) is 16.0 Å². The molecule has 1 N–H and O–H groups in total. The highest BCUT2D eigenvalue weighted by Crippen LogP contribution is 2.17. The van der Waals surface area contributed by atoms with E-state index in [1.165, 1.54) is 0 Å². The minimum atomic E-state index is -0.636. The van der Waals surface area contributed by atoms with Gasteiger partial charge in [-0.2, -0.15) is 0 Å². The maximum absolute atomic E-state index is 12.8. The van der Waals surface area contributed by atoms with Crippen molar-refractivity contribution in [1.82, 2.24) is 10.2 Å². The third kappa shape index (κ3) is 4.66. The molecule has 0 saturated carbocycles. The van der Waals surface area contributed by atoms with Crippen LogP contribution < -0.4 is 5.32 Å². The summed E-state index contributed by atoms with van der Waals surface area (Å²) in [6, 6.07) is 12.6. The molecular formula is C18H22N2O2S. The summed E-state index contributed by atoms with van der Waals surface area (Å²) in [4.78, 5) is 27.8. The largest absolute Gasteiger partial charge is 0.341 e. The molecule has 1 atom stereocenters. The summed E-state index contributed by atoms with van der Waals surface area (Å²) in [5, 5.41) is 4.84. The van der Waals surface area contributed by atoms with E-state index < -0.39 is 6.04 Å². The predicted octanol–water partition coefficient (Wildman–Crippen LogP) is 3.02. The molecule has 0 aliphatic heterocycles. The second kappa shape index (κ2) is 8.48. The van der Waals surface area contributed by atoms with Crippen molar-refractivity contribution in [3.05, 3.63) is 58.3 Å². The Morgan fingerprint density at radius 2 is 1.78 bits per heavy atom. The van der Waals surface area contributed by atoms with Crippen LogP contribution in [0.25, 0.3) is 0 Å². The normalized spacial score (nSPS) is 11.7. The van der Waals surface area contributed by atoms with E-state index in [-0.39, 0.29) is 11.8 Å². The lowest BCUT2D eigenvalue weighted by atomic mass is 10.1. The van der Waals surface area contributed by atoms with Gasteiger partial charge in [0.2, 0.25) is 11.8 Å². The summed E-state index contributed by atoms with van der Waals surface area (Å²) in [5.74, 6) is -0.206. The molecule has 4 nitrogen and oxygen atoms in total. The van der Waals surface area contributed by atoms with E-state index in [1.54, 1.807) is 16.2 Å². The van der Waals surface area contributed by atoms with Crippen molar-refractivity contribution in [2.24, 2.45) is 0 Å². The third-order valence-electron chi connectivity index (χ3n) is 3.68. The number of thiophene rings is 1. The van der Waals surface area contributed by atoms with Gasteiger partial charge in [-0.15, -0.1) is 11.3 Å². The molecule has 1 heterocycles. The molecule has 0 aliphatic rings. The summed E-state index contributed by atoms with van der Waals surface area (Å²) >= 11 is 1.54. The van der Waals surface area contributed by atoms with E-state index in [9.17, 15) is 9.59 Å². The molecule has 0 radical (unpaired) electrons. The highest BCUT2D eigenvalue weighted by atomic mass is 32.1. The molecule has 0 bridgehead atoms. The number of nitrogens with one attached hydrogen (secondary N) is 1. The summed E-state index contributed by atoms with van der Waals surface area (Å²) in [7, 11) is 0. The fraction of sp³-hybridized carbons (Fsp3) is 0.333. The number of carbonyl (C=O) groups is 2. The van der Waals surface area contributed by atoms with Crippen LogP contribution in [0.4, 0.5) is 0 Å². The smallest absolute Gasteiger partial charge is 0.249 e. The lowest BCUT2D eigenvalue weighted by molar-refractivity contribution is -0.136. The molecule has 0 saturated heterocycles. The Bertz CT molecular complexity index is 622. The van der Waals surface area contributed by atoms with Crippen LogP contribution in [0.2, 0.25) is 0 Å². The van der Waals surface area contributed by atoms with Crippen LogP contribution in [0.15, 0.2) is 47.8 Å². The van der Waals surface area contributed by atoms with E-state index in [2.05, 4.69) is 5.32 Å². The Morgan fingerprint density at radius 3 is 2.35 bits per heavy atom. The highest BCUT2D eigenvalue weighted by Gasteiger charge is 2.26. The van der Waals surface area contributed by atoms with Gasteiger partial charge in [-0.3, -0.25) is 9.59 Å². The van der Waals surface area contributed by atoms with Crippen molar-refractivity contribution >= 4 is 23.2 Å². The number of amides is 2. The molecule has 5 heteroatoms. The van der Waals surface area contributed by atoms with Gasteiger partial charge in [0.05, 0.1) is 6.42 Å². The van der Waals surface area contributed by atoms with Crippen LogP contribution in [0.3, 0.4) is 0 Å². The molecule has 122 valence electrons. The number of hydrogen-bond donors (Lipinski definition) is 1. The lowest BCUT2D eigenvalue weighted by Gasteiger charge is -2.26. The first kappa shape index (κ1) is 17.2. The zero-order chi connectivity index (χ0) is 16.7. The summed E-state index contributed by atoms with van der Waals surface area (Å²) < 4.78 is 0. The van der Waals surface area contributed by atoms with Gasteiger partial charge in [0.15, 0.2) is 0 Å². The molecule has 1 aromatic carbocycles. The zero-order valence-electron chi connectivity index (χ0n) is 13.5. The minimum absolute atomic E-state index is 0.0688. The fourth-order valence-electron chi connectivity index (χ4n) is 2.43. The van der Waals surface area contributed by atoms with E-state index in [0.717, 1.165) is 10.4 Å². The van der Waals surface area contributed by atoms with Gasteiger partial charge >= 0.3 is 0 Å². The second-order valence-electron chi connectivity index (χ2n) is 5.18. The molecule has 0 fully saturated rings. The van der Waals surface area contributed by atoms with E-state index in [4.69, 9.17) is 0 Å². The number of carbonyl (C=O) groups excluding carboxylic acids is 2. The first-order valence-electron chi connectivity index (χ1n) is 7.81. The standard InChI is InChI=1S/C18H22N2O2S/c1-3-20(4-2)18(22)17(14-9-6-5-7-10-14)19-16(21)13-15-11-8-12-23-15/h5-12,17H,3-4,13H2,1-2H3,(H,19,21)/t17-/m0/s1. The fourth-order valence-corrected chi connectivity index (χ4v) is 3.14. The van der Waals surface area contributed by atoms with Crippen LogP contribution in [0, 0.1) is 0 Å². The van der Waals surface area contributed by atoms with Gasteiger partial charge in [-0.25, -0.2) is 0 Å². The predicted molar refractivity (Wildman–Crippen MR) is 93.3 cm³/mol. The molecule has 2 amide bonds.